The van der Waals surface area contributed by atoms with Crippen LogP contribution in [0.1, 0.15) is 13.8 Å². The molecule has 0 unspecified atom stereocenters. The monoisotopic (exact) mass is 535 g/mol. The highest BCUT2D eigenvalue weighted by Gasteiger charge is 2.33. The Morgan fingerprint density at radius 1 is 0.743 bits per heavy atom. The fourth-order valence-corrected chi connectivity index (χ4v) is 8.26. The van der Waals surface area contributed by atoms with Crippen LogP contribution in [0, 0.1) is 0 Å². The van der Waals surface area contributed by atoms with Gasteiger partial charge in [-0.2, -0.15) is 4.31 Å². The smallest absolute Gasteiger partial charge is 0.244 e. The number of pyridine rings is 1. The molecule has 0 saturated heterocycles. The van der Waals surface area contributed by atoms with Crippen molar-refractivity contribution in [1.82, 2.24) is 9.29 Å². The summed E-state index contributed by atoms with van der Waals surface area (Å²) in [5, 5.41) is 2.59. The molecule has 0 spiro atoms. The van der Waals surface area contributed by atoms with Gasteiger partial charge in [-0.15, -0.1) is 0 Å². The summed E-state index contributed by atoms with van der Waals surface area (Å²) in [6, 6.07) is 17.0. The van der Waals surface area contributed by atoms with Crippen LogP contribution in [0.4, 0.5) is 5.82 Å². The number of anilines is 1. The predicted molar refractivity (Wildman–Crippen MR) is 133 cm³/mol. The van der Waals surface area contributed by atoms with Gasteiger partial charge >= 0.3 is 0 Å². The molecule has 0 radical (unpaired) electrons. The molecular formula is C23H25N3O6S3. The molecule has 0 saturated carbocycles. The number of benzene rings is 2. The summed E-state index contributed by atoms with van der Waals surface area (Å²) in [5.74, 6) is 0.0625. The maximum Gasteiger partial charge on any atom is 0.244 e. The van der Waals surface area contributed by atoms with Crippen LogP contribution in [0.2, 0.25) is 0 Å². The summed E-state index contributed by atoms with van der Waals surface area (Å²) < 4.78 is 78.9. The lowest BCUT2D eigenvalue weighted by Crippen LogP contribution is -2.30. The zero-order chi connectivity index (χ0) is 25.7. The van der Waals surface area contributed by atoms with E-state index >= 15 is 0 Å². The van der Waals surface area contributed by atoms with E-state index < -0.39 is 33.9 Å². The molecular weight excluding hydrogens is 510 g/mol. The molecule has 0 bridgehead atoms. The van der Waals surface area contributed by atoms with E-state index in [4.69, 9.17) is 0 Å². The third kappa shape index (κ3) is 5.61. The molecule has 12 heteroatoms. The number of sulfonamides is 1. The molecule has 0 aliphatic carbocycles. The van der Waals surface area contributed by atoms with Gasteiger partial charge in [0.2, 0.25) is 29.7 Å². The summed E-state index contributed by atoms with van der Waals surface area (Å²) in [7, 11) is -12.6. The van der Waals surface area contributed by atoms with Gasteiger partial charge in [-0.05, 0) is 36.4 Å². The Kier molecular flexibility index (Phi) is 8.11. The quantitative estimate of drug-likeness (QED) is 0.419. The Morgan fingerprint density at radius 3 is 1.63 bits per heavy atom. The Hall–Kier alpha value is -3.06. The third-order valence-electron chi connectivity index (χ3n) is 5.05. The zero-order valence-electron chi connectivity index (χ0n) is 19.1. The number of sulfone groups is 2. The van der Waals surface area contributed by atoms with Crippen molar-refractivity contribution in [3.8, 4) is 0 Å². The highest BCUT2D eigenvalue weighted by atomic mass is 32.3. The van der Waals surface area contributed by atoms with E-state index in [1.807, 2.05) is 0 Å². The molecule has 186 valence electrons. The summed E-state index contributed by atoms with van der Waals surface area (Å²) >= 11 is 0. The van der Waals surface area contributed by atoms with Crippen LogP contribution in [-0.4, -0.2) is 47.6 Å². The molecule has 0 atom stereocenters. The Labute approximate surface area is 206 Å². The van der Waals surface area contributed by atoms with Crippen LogP contribution in [-0.2, 0) is 29.7 Å². The van der Waals surface area contributed by atoms with Crippen molar-refractivity contribution >= 4 is 35.5 Å². The number of hydrogen-bond acceptors (Lipinski definition) is 8. The first-order chi connectivity index (χ1) is 16.5. The molecule has 0 amide bonds. The maximum atomic E-state index is 13.3. The van der Waals surface area contributed by atoms with Gasteiger partial charge < -0.3 is 5.32 Å². The highest BCUT2D eigenvalue weighted by molar-refractivity contribution is 8.14. The van der Waals surface area contributed by atoms with E-state index in [1.54, 1.807) is 26.0 Å². The first kappa shape index (κ1) is 26.5. The highest BCUT2D eigenvalue weighted by Crippen LogP contribution is 2.29. The number of aromatic nitrogens is 1. The van der Waals surface area contributed by atoms with Crippen molar-refractivity contribution in [3.05, 3.63) is 89.4 Å². The van der Waals surface area contributed by atoms with Crippen LogP contribution < -0.4 is 5.32 Å². The average molecular weight is 536 g/mol. The second kappa shape index (κ2) is 10.7. The summed E-state index contributed by atoms with van der Waals surface area (Å²) in [4.78, 5) is 3.60. The van der Waals surface area contributed by atoms with Crippen LogP contribution >= 0.6 is 0 Å². The first-order valence-corrected chi connectivity index (χ1v) is 15.0. The van der Waals surface area contributed by atoms with E-state index in [9.17, 15) is 25.3 Å². The van der Waals surface area contributed by atoms with Gasteiger partial charge in [0.1, 0.15) is 10.7 Å². The standard InChI is InChI=1S/C23H25N3O6S3/c1-3-26(4-2)35(31,32)21-15-16-22(24-17-21)25-18-23(33(27,28)19-11-7-5-8-12-19)34(29,30)20-13-9-6-10-14-20/h5-18H,3-4H2,1-2H3,(H,24,25). The molecule has 35 heavy (non-hydrogen) atoms. The zero-order valence-corrected chi connectivity index (χ0v) is 21.5. The first-order valence-electron chi connectivity index (χ1n) is 10.6. The summed E-state index contributed by atoms with van der Waals surface area (Å²) in [5.41, 5.74) is 0. The van der Waals surface area contributed by atoms with Gasteiger partial charge in [0.05, 0.1) is 9.79 Å². The predicted octanol–water partition coefficient (Wildman–Crippen LogP) is 3.27. The maximum absolute atomic E-state index is 13.3. The molecule has 0 fully saturated rings. The molecule has 1 aromatic heterocycles. The van der Waals surface area contributed by atoms with Crippen molar-refractivity contribution in [3.63, 3.8) is 0 Å². The van der Waals surface area contributed by atoms with Crippen LogP contribution in [0.15, 0.2) is 104 Å². The number of nitrogens with one attached hydrogen (secondary N) is 1. The SMILES string of the molecule is CCN(CC)S(=O)(=O)c1ccc(NC=C(S(=O)(=O)c2ccccc2)S(=O)(=O)c2ccccc2)nc1. The van der Waals surface area contributed by atoms with Gasteiger partial charge in [-0.1, -0.05) is 50.2 Å². The summed E-state index contributed by atoms with van der Waals surface area (Å²) in [6.45, 7) is 4.02. The van der Waals surface area contributed by atoms with E-state index in [0.717, 1.165) is 12.4 Å². The normalized spacial score (nSPS) is 12.3. The Bertz CT molecular complexity index is 1430. The topological polar surface area (TPSA) is 131 Å². The van der Waals surface area contributed by atoms with E-state index in [2.05, 4.69) is 10.3 Å². The van der Waals surface area contributed by atoms with Gasteiger partial charge in [0, 0.05) is 25.5 Å². The minimum Gasteiger partial charge on any atom is -0.345 e. The lowest BCUT2D eigenvalue weighted by atomic mass is 10.4. The molecule has 0 aliphatic heterocycles. The number of rotatable bonds is 10. The van der Waals surface area contributed by atoms with E-state index in [1.165, 1.54) is 65.0 Å². The molecule has 0 aliphatic rings. The lowest BCUT2D eigenvalue weighted by Gasteiger charge is -2.18. The van der Waals surface area contributed by atoms with Gasteiger partial charge in [-0.25, -0.2) is 30.2 Å². The van der Waals surface area contributed by atoms with Gasteiger partial charge in [-0.3, -0.25) is 0 Å². The second-order valence-electron chi connectivity index (χ2n) is 7.21. The Balaban J connectivity index is 2.04. The van der Waals surface area contributed by atoms with Crippen molar-refractivity contribution in [1.29, 1.82) is 0 Å². The van der Waals surface area contributed by atoms with E-state index in [-0.39, 0.29) is 20.5 Å². The fourth-order valence-electron chi connectivity index (χ4n) is 3.19. The molecule has 1 heterocycles. The lowest BCUT2D eigenvalue weighted by molar-refractivity contribution is 0.445. The van der Waals surface area contributed by atoms with Crippen LogP contribution in [0.25, 0.3) is 0 Å². The average Bonchev–Trinajstić information content (AvgIpc) is 2.86. The molecule has 2 aromatic carbocycles. The molecule has 9 nitrogen and oxygen atoms in total. The van der Waals surface area contributed by atoms with Crippen molar-refractivity contribution in [2.75, 3.05) is 18.4 Å². The second-order valence-corrected chi connectivity index (χ2v) is 13.2. The molecule has 3 rings (SSSR count). The number of nitrogens with zero attached hydrogens (tertiary/aromatic N) is 2. The van der Waals surface area contributed by atoms with Gasteiger partial charge in [0.15, 0.2) is 4.24 Å². The third-order valence-corrected chi connectivity index (χ3v) is 11.5. The fraction of sp³-hybridized carbons (Fsp3) is 0.174. The minimum absolute atomic E-state index is 0.0373. The summed E-state index contributed by atoms with van der Waals surface area (Å²) in [6.07, 6.45) is 1.98. The van der Waals surface area contributed by atoms with Crippen LogP contribution in [0.3, 0.4) is 0 Å². The molecule has 1 N–H and O–H groups in total. The largest absolute Gasteiger partial charge is 0.345 e. The van der Waals surface area contributed by atoms with Crippen molar-refractivity contribution in [2.24, 2.45) is 0 Å². The van der Waals surface area contributed by atoms with Crippen molar-refractivity contribution in [2.45, 2.75) is 28.5 Å². The number of hydrogen-bond donors (Lipinski definition) is 1. The molecule has 3 aromatic rings. The van der Waals surface area contributed by atoms with E-state index in [0.29, 0.717) is 13.1 Å². The van der Waals surface area contributed by atoms with Gasteiger partial charge in [0.25, 0.3) is 0 Å². The minimum atomic E-state index is -4.45. The van der Waals surface area contributed by atoms with Crippen molar-refractivity contribution < 1.29 is 25.3 Å². The van der Waals surface area contributed by atoms with Crippen LogP contribution in [0.5, 0.6) is 0 Å². The Morgan fingerprint density at radius 2 is 1.23 bits per heavy atom.